The van der Waals surface area contributed by atoms with E-state index < -0.39 is 6.04 Å². The van der Waals surface area contributed by atoms with Gasteiger partial charge in [0.2, 0.25) is 5.91 Å². The number of amides is 1. The molecular formula is C15H22N2O. The molecule has 1 fully saturated rings. The molecule has 0 bridgehead atoms. The van der Waals surface area contributed by atoms with Crippen LogP contribution in [0.3, 0.4) is 0 Å². The minimum atomic E-state index is -0.405. The smallest absolute Gasteiger partial charge is 0.239 e. The molecule has 0 radical (unpaired) electrons. The number of carbonyl (C=O) groups excluding carboxylic acids is 1. The van der Waals surface area contributed by atoms with Crippen LogP contribution in [-0.4, -0.2) is 29.9 Å². The second-order valence-corrected chi connectivity index (χ2v) is 5.33. The molecule has 1 aliphatic rings. The number of piperidine rings is 1. The first-order valence-corrected chi connectivity index (χ1v) is 6.75. The lowest BCUT2D eigenvalue weighted by molar-refractivity contribution is -0.134. The number of hydrogen-bond acceptors (Lipinski definition) is 2. The first kappa shape index (κ1) is 13.1. The van der Waals surface area contributed by atoms with Gasteiger partial charge in [0.1, 0.15) is 0 Å². The van der Waals surface area contributed by atoms with Crippen LogP contribution >= 0.6 is 0 Å². The highest BCUT2D eigenvalue weighted by Crippen LogP contribution is 2.16. The van der Waals surface area contributed by atoms with E-state index in [4.69, 9.17) is 5.73 Å². The van der Waals surface area contributed by atoms with Crippen molar-refractivity contribution in [1.82, 2.24) is 4.90 Å². The molecule has 2 atom stereocenters. The number of benzene rings is 1. The van der Waals surface area contributed by atoms with Crippen molar-refractivity contribution in [2.45, 2.75) is 32.2 Å². The van der Waals surface area contributed by atoms with Crippen LogP contribution in [-0.2, 0) is 11.2 Å². The van der Waals surface area contributed by atoms with Gasteiger partial charge < -0.3 is 10.6 Å². The predicted molar refractivity (Wildman–Crippen MR) is 73.1 cm³/mol. The standard InChI is InChI=1S/C15H22N2O/c1-12-6-5-9-17(11-12)15(18)14(16)10-13-7-3-2-4-8-13/h2-4,7-8,12,14H,5-6,9-11,16H2,1H3/t12?,14-/m0/s1. The molecule has 2 rings (SSSR count). The molecule has 3 nitrogen and oxygen atoms in total. The minimum Gasteiger partial charge on any atom is -0.341 e. The maximum atomic E-state index is 12.2. The van der Waals surface area contributed by atoms with E-state index in [1.165, 1.54) is 6.42 Å². The summed E-state index contributed by atoms with van der Waals surface area (Å²) in [5.74, 6) is 0.706. The maximum Gasteiger partial charge on any atom is 0.239 e. The summed E-state index contributed by atoms with van der Waals surface area (Å²) in [4.78, 5) is 14.2. The predicted octanol–water partition coefficient (Wildman–Crippen LogP) is 1.81. The van der Waals surface area contributed by atoms with Crippen LogP contribution in [0.2, 0.25) is 0 Å². The zero-order chi connectivity index (χ0) is 13.0. The Kier molecular flexibility index (Phi) is 4.37. The fourth-order valence-corrected chi connectivity index (χ4v) is 2.58. The summed E-state index contributed by atoms with van der Waals surface area (Å²) in [7, 11) is 0. The van der Waals surface area contributed by atoms with Gasteiger partial charge >= 0.3 is 0 Å². The third kappa shape index (κ3) is 3.33. The molecule has 1 aromatic rings. The average Bonchev–Trinajstić information content (AvgIpc) is 2.39. The van der Waals surface area contributed by atoms with E-state index in [1.54, 1.807) is 0 Å². The second kappa shape index (κ2) is 6.01. The molecule has 1 amide bonds. The Balaban J connectivity index is 1.92. The second-order valence-electron chi connectivity index (χ2n) is 5.33. The maximum absolute atomic E-state index is 12.2. The van der Waals surface area contributed by atoms with Gasteiger partial charge in [-0.05, 0) is 30.7 Å². The monoisotopic (exact) mass is 246 g/mol. The van der Waals surface area contributed by atoms with Gasteiger partial charge in [-0.3, -0.25) is 4.79 Å². The first-order chi connectivity index (χ1) is 8.66. The SMILES string of the molecule is CC1CCCN(C(=O)[C@@H](N)Cc2ccccc2)C1. The molecule has 0 saturated carbocycles. The molecule has 0 aromatic heterocycles. The van der Waals surface area contributed by atoms with Crippen molar-refractivity contribution in [3.63, 3.8) is 0 Å². The molecule has 3 heteroatoms. The van der Waals surface area contributed by atoms with E-state index in [2.05, 4.69) is 6.92 Å². The van der Waals surface area contributed by atoms with Crippen LogP contribution in [0.1, 0.15) is 25.3 Å². The number of nitrogens with zero attached hydrogens (tertiary/aromatic N) is 1. The number of nitrogens with two attached hydrogens (primary N) is 1. The molecule has 0 aliphatic carbocycles. The van der Waals surface area contributed by atoms with E-state index in [0.717, 1.165) is 25.1 Å². The van der Waals surface area contributed by atoms with Gasteiger partial charge in [0.15, 0.2) is 0 Å². The van der Waals surface area contributed by atoms with E-state index >= 15 is 0 Å². The Morgan fingerprint density at radius 1 is 1.44 bits per heavy atom. The molecule has 98 valence electrons. The van der Waals surface area contributed by atoms with Crippen LogP contribution in [0.4, 0.5) is 0 Å². The highest BCUT2D eigenvalue weighted by molar-refractivity contribution is 5.82. The molecule has 1 aromatic carbocycles. The van der Waals surface area contributed by atoms with E-state index in [1.807, 2.05) is 35.2 Å². The summed E-state index contributed by atoms with van der Waals surface area (Å²) in [6.45, 7) is 3.93. The van der Waals surface area contributed by atoms with Gasteiger partial charge in [-0.15, -0.1) is 0 Å². The van der Waals surface area contributed by atoms with Crippen LogP contribution < -0.4 is 5.73 Å². The summed E-state index contributed by atoms with van der Waals surface area (Å²) in [5.41, 5.74) is 7.16. The Morgan fingerprint density at radius 3 is 2.83 bits per heavy atom. The molecule has 0 spiro atoms. The summed E-state index contributed by atoms with van der Waals surface area (Å²) in [5, 5.41) is 0. The number of carbonyl (C=O) groups is 1. The lowest BCUT2D eigenvalue weighted by Gasteiger charge is -2.32. The van der Waals surface area contributed by atoms with Gasteiger partial charge in [0, 0.05) is 13.1 Å². The number of hydrogen-bond donors (Lipinski definition) is 1. The highest BCUT2D eigenvalue weighted by atomic mass is 16.2. The van der Waals surface area contributed by atoms with Gasteiger partial charge in [0.25, 0.3) is 0 Å². The third-order valence-corrected chi connectivity index (χ3v) is 3.58. The zero-order valence-corrected chi connectivity index (χ0v) is 11.0. The Morgan fingerprint density at radius 2 is 2.17 bits per heavy atom. The van der Waals surface area contributed by atoms with Crippen molar-refractivity contribution < 1.29 is 4.79 Å². The molecule has 1 unspecified atom stereocenters. The quantitative estimate of drug-likeness (QED) is 0.884. The van der Waals surface area contributed by atoms with E-state index in [-0.39, 0.29) is 5.91 Å². The van der Waals surface area contributed by atoms with Gasteiger partial charge in [0.05, 0.1) is 6.04 Å². The van der Waals surface area contributed by atoms with Crippen molar-refractivity contribution in [3.8, 4) is 0 Å². The topological polar surface area (TPSA) is 46.3 Å². The van der Waals surface area contributed by atoms with Gasteiger partial charge in [-0.2, -0.15) is 0 Å². The van der Waals surface area contributed by atoms with Crippen molar-refractivity contribution in [3.05, 3.63) is 35.9 Å². The van der Waals surface area contributed by atoms with Crippen LogP contribution in [0.5, 0.6) is 0 Å². The van der Waals surface area contributed by atoms with Crippen LogP contribution in [0.15, 0.2) is 30.3 Å². The summed E-state index contributed by atoms with van der Waals surface area (Å²) < 4.78 is 0. The van der Waals surface area contributed by atoms with Crippen molar-refractivity contribution >= 4 is 5.91 Å². The van der Waals surface area contributed by atoms with Gasteiger partial charge in [-0.25, -0.2) is 0 Å². The molecule has 1 heterocycles. The molecular weight excluding hydrogens is 224 g/mol. The van der Waals surface area contributed by atoms with Crippen molar-refractivity contribution in [2.24, 2.45) is 11.7 Å². The Bertz CT molecular complexity index is 391. The third-order valence-electron chi connectivity index (χ3n) is 3.58. The Hall–Kier alpha value is -1.35. The molecule has 1 saturated heterocycles. The summed E-state index contributed by atoms with van der Waals surface area (Å²) >= 11 is 0. The fraction of sp³-hybridized carbons (Fsp3) is 0.533. The molecule has 18 heavy (non-hydrogen) atoms. The largest absolute Gasteiger partial charge is 0.341 e. The molecule has 1 aliphatic heterocycles. The normalized spacial score (nSPS) is 21.7. The van der Waals surface area contributed by atoms with Crippen LogP contribution in [0, 0.1) is 5.92 Å². The Labute approximate surface area is 109 Å². The lowest BCUT2D eigenvalue weighted by Crippen LogP contribution is -2.48. The minimum absolute atomic E-state index is 0.102. The summed E-state index contributed by atoms with van der Waals surface area (Å²) in [6.07, 6.45) is 2.95. The average molecular weight is 246 g/mol. The van der Waals surface area contributed by atoms with Gasteiger partial charge in [-0.1, -0.05) is 37.3 Å². The zero-order valence-electron chi connectivity index (χ0n) is 11.0. The lowest BCUT2D eigenvalue weighted by atomic mass is 9.98. The first-order valence-electron chi connectivity index (χ1n) is 6.75. The van der Waals surface area contributed by atoms with Crippen molar-refractivity contribution in [2.75, 3.05) is 13.1 Å². The summed E-state index contributed by atoms with van der Waals surface area (Å²) in [6, 6.07) is 9.57. The van der Waals surface area contributed by atoms with Crippen LogP contribution in [0.25, 0.3) is 0 Å². The number of likely N-dealkylation sites (tertiary alicyclic amines) is 1. The highest BCUT2D eigenvalue weighted by Gasteiger charge is 2.25. The van der Waals surface area contributed by atoms with E-state index in [0.29, 0.717) is 12.3 Å². The number of rotatable bonds is 3. The fourth-order valence-electron chi connectivity index (χ4n) is 2.58. The van der Waals surface area contributed by atoms with E-state index in [9.17, 15) is 4.79 Å². The van der Waals surface area contributed by atoms with Crippen molar-refractivity contribution in [1.29, 1.82) is 0 Å². The molecule has 2 N–H and O–H groups in total.